The molecule has 11 heavy (non-hydrogen) atoms. The van der Waals surface area contributed by atoms with Gasteiger partial charge in [-0.25, -0.2) is 0 Å². The minimum Gasteiger partial charge on any atom is -0.349 e. The molecule has 0 amide bonds. The van der Waals surface area contributed by atoms with Gasteiger partial charge in [0.2, 0.25) is 0 Å². The SMILES string of the molecule is C=C1NN=Cc2ccn(C)c21. The van der Waals surface area contributed by atoms with Gasteiger partial charge in [-0.05, 0) is 6.07 Å². The molecular formula is C8H9N3. The van der Waals surface area contributed by atoms with Gasteiger partial charge in [-0.3, -0.25) is 5.43 Å². The van der Waals surface area contributed by atoms with E-state index in [4.69, 9.17) is 0 Å². The summed E-state index contributed by atoms with van der Waals surface area (Å²) in [6.07, 6.45) is 3.79. The fourth-order valence-electron chi connectivity index (χ4n) is 1.27. The molecule has 1 aliphatic heterocycles. The average Bonchev–Trinajstić information content (AvgIpc) is 2.34. The molecule has 2 heterocycles. The summed E-state index contributed by atoms with van der Waals surface area (Å²) in [5.41, 5.74) is 5.91. The summed E-state index contributed by atoms with van der Waals surface area (Å²) in [5, 5.41) is 3.92. The van der Waals surface area contributed by atoms with Gasteiger partial charge in [-0.2, -0.15) is 5.10 Å². The van der Waals surface area contributed by atoms with Gasteiger partial charge >= 0.3 is 0 Å². The smallest absolute Gasteiger partial charge is 0.0742 e. The van der Waals surface area contributed by atoms with Crippen molar-refractivity contribution in [1.82, 2.24) is 9.99 Å². The van der Waals surface area contributed by atoms with E-state index in [1.807, 2.05) is 23.9 Å². The second-order valence-electron chi connectivity index (χ2n) is 2.58. The Balaban J connectivity index is 2.67. The van der Waals surface area contributed by atoms with Crippen molar-refractivity contribution in [1.29, 1.82) is 0 Å². The van der Waals surface area contributed by atoms with Crippen molar-refractivity contribution in [3.05, 3.63) is 30.1 Å². The summed E-state index contributed by atoms with van der Waals surface area (Å²) in [5.74, 6) is 0. The molecule has 0 fully saturated rings. The van der Waals surface area contributed by atoms with Gasteiger partial charge in [0.05, 0.1) is 17.6 Å². The van der Waals surface area contributed by atoms with Crippen LogP contribution in [0.15, 0.2) is 23.9 Å². The number of aromatic nitrogens is 1. The van der Waals surface area contributed by atoms with Gasteiger partial charge in [0, 0.05) is 18.8 Å². The molecule has 0 saturated carbocycles. The molecule has 0 aliphatic carbocycles. The lowest BCUT2D eigenvalue weighted by Crippen LogP contribution is -2.13. The summed E-state index contributed by atoms with van der Waals surface area (Å²) >= 11 is 0. The highest BCUT2D eigenvalue weighted by molar-refractivity contribution is 5.89. The lowest BCUT2D eigenvalue weighted by atomic mass is 10.2. The lowest BCUT2D eigenvalue weighted by Gasteiger charge is -2.11. The molecule has 0 radical (unpaired) electrons. The number of nitrogens with zero attached hydrogens (tertiary/aromatic N) is 2. The predicted octanol–water partition coefficient (Wildman–Crippen LogP) is 0.933. The maximum absolute atomic E-state index is 3.92. The van der Waals surface area contributed by atoms with Crippen molar-refractivity contribution < 1.29 is 0 Å². The molecular weight excluding hydrogens is 138 g/mol. The van der Waals surface area contributed by atoms with Gasteiger partial charge in [0.25, 0.3) is 0 Å². The third kappa shape index (κ3) is 0.774. The van der Waals surface area contributed by atoms with E-state index in [1.165, 1.54) is 0 Å². The van der Waals surface area contributed by atoms with Gasteiger partial charge in [-0.1, -0.05) is 6.58 Å². The van der Waals surface area contributed by atoms with Crippen LogP contribution >= 0.6 is 0 Å². The van der Waals surface area contributed by atoms with Crippen molar-refractivity contribution in [3.8, 4) is 0 Å². The Morgan fingerprint density at radius 3 is 3.18 bits per heavy atom. The van der Waals surface area contributed by atoms with Crippen LogP contribution in [0.4, 0.5) is 0 Å². The number of aryl methyl sites for hydroxylation is 1. The second kappa shape index (κ2) is 1.99. The zero-order valence-corrected chi connectivity index (χ0v) is 6.33. The molecule has 2 rings (SSSR count). The van der Waals surface area contributed by atoms with E-state index in [0.29, 0.717) is 0 Å². The monoisotopic (exact) mass is 147 g/mol. The summed E-state index contributed by atoms with van der Waals surface area (Å²) in [6.45, 7) is 3.84. The Labute approximate surface area is 65.0 Å². The topological polar surface area (TPSA) is 29.3 Å². The average molecular weight is 147 g/mol. The summed E-state index contributed by atoms with van der Waals surface area (Å²) in [4.78, 5) is 0. The number of hydrazone groups is 1. The van der Waals surface area contributed by atoms with Gasteiger partial charge in [-0.15, -0.1) is 0 Å². The minimum absolute atomic E-state index is 0.856. The minimum atomic E-state index is 0.856. The van der Waals surface area contributed by atoms with Crippen LogP contribution in [0.5, 0.6) is 0 Å². The lowest BCUT2D eigenvalue weighted by molar-refractivity contribution is 0.871. The second-order valence-corrected chi connectivity index (χ2v) is 2.58. The molecule has 0 aromatic carbocycles. The van der Waals surface area contributed by atoms with E-state index in [2.05, 4.69) is 17.1 Å². The summed E-state index contributed by atoms with van der Waals surface area (Å²) in [6, 6.07) is 2.02. The van der Waals surface area contributed by atoms with Crippen molar-refractivity contribution in [2.45, 2.75) is 0 Å². The van der Waals surface area contributed by atoms with Crippen LogP contribution in [0.2, 0.25) is 0 Å². The number of fused-ring (bicyclic) bond motifs is 1. The number of nitrogens with one attached hydrogen (secondary N) is 1. The quantitative estimate of drug-likeness (QED) is 0.581. The first-order valence-corrected chi connectivity index (χ1v) is 3.43. The molecule has 0 bridgehead atoms. The molecule has 1 aromatic heterocycles. The Hall–Kier alpha value is -1.51. The maximum Gasteiger partial charge on any atom is 0.0742 e. The summed E-state index contributed by atoms with van der Waals surface area (Å²) < 4.78 is 2.02. The molecule has 1 aliphatic rings. The molecule has 3 heteroatoms. The van der Waals surface area contributed by atoms with Crippen LogP contribution in [0.1, 0.15) is 11.3 Å². The van der Waals surface area contributed by atoms with E-state index in [0.717, 1.165) is 17.0 Å². The highest BCUT2D eigenvalue weighted by Crippen LogP contribution is 2.17. The van der Waals surface area contributed by atoms with E-state index >= 15 is 0 Å². The zero-order chi connectivity index (χ0) is 7.84. The van der Waals surface area contributed by atoms with Crippen LogP contribution < -0.4 is 5.43 Å². The van der Waals surface area contributed by atoms with Gasteiger partial charge < -0.3 is 4.57 Å². The van der Waals surface area contributed by atoms with Gasteiger partial charge in [0.1, 0.15) is 0 Å². The molecule has 0 unspecified atom stereocenters. The van der Waals surface area contributed by atoms with Gasteiger partial charge in [0.15, 0.2) is 0 Å². The van der Waals surface area contributed by atoms with Crippen LogP contribution in [0.3, 0.4) is 0 Å². The Morgan fingerprint density at radius 2 is 2.45 bits per heavy atom. The summed E-state index contributed by atoms with van der Waals surface area (Å²) in [7, 11) is 1.99. The molecule has 56 valence electrons. The maximum atomic E-state index is 3.92. The molecule has 0 atom stereocenters. The Kier molecular flexibility index (Phi) is 1.12. The molecule has 1 aromatic rings. The first kappa shape index (κ1) is 6.22. The van der Waals surface area contributed by atoms with Crippen LogP contribution in [-0.2, 0) is 7.05 Å². The van der Waals surface area contributed by atoms with Crippen LogP contribution in [-0.4, -0.2) is 10.8 Å². The van der Waals surface area contributed by atoms with Crippen molar-refractivity contribution >= 4 is 11.9 Å². The number of hydrogen-bond acceptors (Lipinski definition) is 2. The van der Waals surface area contributed by atoms with Crippen molar-refractivity contribution in [3.63, 3.8) is 0 Å². The third-order valence-corrected chi connectivity index (χ3v) is 1.79. The van der Waals surface area contributed by atoms with E-state index < -0.39 is 0 Å². The Morgan fingerprint density at radius 1 is 1.64 bits per heavy atom. The fourth-order valence-corrected chi connectivity index (χ4v) is 1.27. The van der Waals surface area contributed by atoms with Crippen molar-refractivity contribution in [2.24, 2.45) is 12.1 Å². The fraction of sp³-hybridized carbons (Fsp3) is 0.125. The molecule has 0 saturated heterocycles. The Bertz CT molecular complexity index is 333. The largest absolute Gasteiger partial charge is 0.349 e. The highest BCUT2D eigenvalue weighted by Gasteiger charge is 2.11. The zero-order valence-electron chi connectivity index (χ0n) is 6.33. The standard InChI is InChI=1S/C8H9N3/c1-6-8-7(5-9-10-6)3-4-11(8)2/h3-5,10H,1H2,2H3. The number of rotatable bonds is 0. The van der Waals surface area contributed by atoms with Crippen LogP contribution in [0, 0.1) is 0 Å². The molecule has 0 spiro atoms. The number of hydrogen-bond donors (Lipinski definition) is 1. The highest BCUT2D eigenvalue weighted by atomic mass is 15.3. The first-order valence-electron chi connectivity index (χ1n) is 3.43. The van der Waals surface area contributed by atoms with E-state index in [-0.39, 0.29) is 0 Å². The predicted molar refractivity (Wildman–Crippen MR) is 45.2 cm³/mol. The first-order chi connectivity index (χ1) is 5.29. The van der Waals surface area contributed by atoms with E-state index in [1.54, 1.807) is 6.21 Å². The van der Waals surface area contributed by atoms with E-state index in [9.17, 15) is 0 Å². The molecule has 3 nitrogen and oxygen atoms in total. The normalized spacial score (nSPS) is 14.5. The van der Waals surface area contributed by atoms with Crippen LogP contribution in [0.25, 0.3) is 5.70 Å². The molecule has 1 N–H and O–H groups in total. The van der Waals surface area contributed by atoms with Crippen molar-refractivity contribution in [2.75, 3.05) is 0 Å². The third-order valence-electron chi connectivity index (χ3n) is 1.79.